The van der Waals surface area contributed by atoms with Crippen LogP contribution in [0.2, 0.25) is 0 Å². The second-order valence-electron chi connectivity index (χ2n) is 3.98. The summed E-state index contributed by atoms with van der Waals surface area (Å²) in [5.41, 5.74) is 0. The second-order valence-corrected chi connectivity index (χ2v) is 3.98. The van der Waals surface area contributed by atoms with E-state index >= 15 is 0 Å². The fourth-order valence-corrected chi connectivity index (χ4v) is 1.59. The van der Waals surface area contributed by atoms with Crippen molar-refractivity contribution in [2.24, 2.45) is 0 Å². The molecule has 0 unspecified atom stereocenters. The van der Waals surface area contributed by atoms with Crippen LogP contribution < -0.4 is 5.32 Å². The molecular weight excluding hydrogens is 232 g/mol. The summed E-state index contributed by atoms with van der Waals surface area (Å²) >= 11 is 0. The quantitative estimate of drug-likeness (QED) is 0.594. The molecule has 18 heavy (non-hydrogen) atoms. The maximum absolute atomic E-state index is 5.38. The van der Waals surface area contributed by atoms with Crippen molar-refractivity contribution in [1.82, 2.24) is 20.1 Å². The lowest BCUT2D eigenvalue weighted by Gasteiger charge is -2.06. The van der Waals surface area contributed by atoms with E-state index in [1.807, 2.05) is 4.68 Å². The van der Waals surface area contributed by atoms with E-state index in [9.17, 15) is 0 Å². The van der Waals surface area contributed by atoms with Gasteiger partial charge in [0.15, 0.2) is 0 Å². The van der Waals surface area contributed by atoms with Crippen LogP contribution in [0.1, 0.15) is 25.6 Å². The molecule has 1 aromatic heterocycles. The number of hydrogen-bond acceptors (Lipinski definition) is 5. The normalized spacial score (nSPS) is 11.0. The monoisotopic (exact) mass is 256 g/mol. The average molecular weight is 256 g/mol. The molecule has 104 valence electrons. The van der Waals surface area contributed by atoms with Crippen LogP contribution in [-0.2, 0) is 22.6 Å². The molecule has 0 spiro atoms. The third-order valence-corrected chi connectivity index (χ3v) is 2.60. The molecule has 1 heterocycles. The Bertz CT molecular complexity index is 304. The zero-order valence-electron chi connectivity index (χ0n) is 11.4. The molecule has 6 heteroatoms. The molecule has 0 radical (unpaired) electrons. The number of rotatable bonds is 11. The molecule has 0 aliphatic rings. The van der Waals surface area contributed by atoms with Gasteiger partial charge in [-0.3, -0.25) is 0 Å². The molecule has 0 aliphatic carbocycles. The van der Waals surface area contributed by atoms with E-state index in [0.717, 1.165) is 44.9 Å². The van der Waals surface area contributed by atoms with Gasteiger partial charge in [0, 0.05) is 20.3 Å². The summed E-state index contributed by atoms with van der Waals surface area (Å²) in [5.74, 6) is 0.994. The Morgan fingerprint density at radius 2 is 2.17 bits per heavy atom. The molecule has 1 N–H and O–H groups in total. The van der Waals surface area contributed by atoms with Gasteiger partial charge in [-0.1, -0.05) is 0 Å². The Kier molecular flexibility index (Phi) is 8.37. The Morgan fingerprint density at radius 1 is 1.28 bits per heavy atom. The van der Waals surface area contributed by atoms with Gasteiger partial charge in [0.25, 0.3) is 0 Å². The standard InChI is InChI=1S/C12H24N4O2/c1-3-16-12(14-11-15-16)10-13-6-4-5-7-18-9-8-17-2/h11,13H,3-10H2,1-2H3. The van der Waals surface area contributed by atoms with E-state index in [1.54, 1.807) is 13.4 Å². The van der Waals surface area contributed by atoms with Gasteiger partial charge in [0.2, 0.25) is 0 Å². The lowest BCUT2D eigenvalue weighted by atomic mass is 10.3. The number of ether oxygens (including phenoxy) is 2. The first-order valence-electron chi connectivity index (χ1n) is 6.52. The Hall–Kier alpha value is -0.980. The van der Waals surface area contributed by atoms with E-state index in [4.69, 9.17) is 9.47 Å². The predicted octanol–water partition coefficient (Wildman–Crippen LogP) is 0.831. The van der Waals surface area contributed by atoms with Crippen LogP contribution in [0.4, 0.5) is 0 Å². The maximum Gasteiger partial charge on any atom is 0.140 e. The molecule has 0 saturated heterocycles. The third-order valence-electron chi connectivity index (χ3n) is 2.60. The fourth-order valence-electron chi connectivity index (χ4n) is 1.59. The van der Waals surface area contributed by atoms with Crippen molar-refractivity contribution in [3.05, 3.63) is 12.2 Å². The Labute approximate surface area is 109 Å². The molecule has 0 saturated carbocycles. The number of nitrogens with zero attached hydrogens (tertiary/aromatic N) is 3. The predicted molar refractivity (Wildman–Crippen MR) is 69.3 cm³/mol. The summed E-state index contributed by atoms with van der Waals surface area (Å²) in [6, 6.07) is 0. The zero-order chi connectivity index (χ0) is 13.1. The molecule has 0 aromatic carbocycles. The number of methoxy groups -OCH3 is 1. The highest BCUT2D eigenvalue weighted by Gasteiger charge is 2.00. The van der Waals surface area contributed by atoms with Crippen molar-refractivity contribution in [2.75, 3.05) is 33.5 Å². The molecule has 0 fully saturated rings. The summed E-state index contributed by atoms with van der Waals surface area (Å²) in [5, 5.41) is 7.49. The van der Waals surface area contributed by atoms with Crippen molar-refractivity contribution in [3.63, 3.8) is 0 Å². The number of hydrogen-bond donors (Lipinski definition) is 1. The first-order chi connectivity index (χ1) is 8.88. The van der Waals surface area contributed by atoms with Gasteiger partial charge in [-0.15, -0.1) is 0 Å². The van der Waals surface area contributed by atoms with Gasteiger partial charge in [-0.05, 0) is 26.3 Å². The largest absolute Gasteiger partial charge is 0.382 e. The van der Waals surface area contributed by atoms with E-state index < -0.39 is 0 Å². The third kappa shape index (κ3) is 6.09. The van der Waals surface area contributed by atoms with Crippen LogP contribution >= 0.6 is 0 Å². The van der Waals surface area contributed by atoms with Gasteiger partial charge in [0.1, 0.15) is 12.2 Å². The molecule has 0 atom stereocenters. The van der Waals surface area contributed by atoms with Gasteiger partial charge in [-0.25, -0.2) is 9.67 Å². The minimum Gasteiger partial charge on any atom is -0.382 e. The Morgan fingerprint density at radius 3 is 2.94 bits per heavy atom. The highest BCUT2D eigenvalue weighted by Crippen LogP contribution is 1.94. The summed E-state index contributed by atoms with van der Waals surface area (Å²) in [6.07, 6.45) is 3.77. The highest BCUT2D eigenvalue weighted by molar-refractivity contribution is 4.83. The minimum absolute atomic E-state index is 0.672. The van der Waals surface area contributed by atoms with Crippen LogP contribution in [0.15, 0.2) is 6.33 Å². The maximum atomic E-state index is 5.38. The fraction of sp³-hybridized carbons (Fsp3) is 0.833. The number of aryl methyl sites for hydroxylation is 1. The van der Waals surface area contributed by atoms with Crippen LogP contribution in [0.5, 0.6) is 0 Å². The van der Waals surface area contributed by atoms with Gasteiger partial charge < -0.3 is 14.8 Å². The van der Waals surface area contributed by atoms with Gasteiger partial charge in [0.05, 0.1) is 19.8 Å². The topological polar surface area (TPSA) is 61.2 Å². The lowest BCUT2D eigenvalue weighted by Crippen LogP contribution is -2.19. The number of aromatic nitrogens is 3. The van der Waals surface area contributed by atoms with E-state index in [1.165, 1.54) is 0 Å². The van der Waals surface area contributed by atoms with Crippen molar-refractivity contribution >= 4 is 0 Å². The lowest BCUT2D eigenvalue weighted by molar-refractivity contribution is 0.0688. The summed E-state index contributed by atoms with van der Waals surface area (Å²) in [6.45, 7) is 6.84. The zero-order valence-corrected chi connectivity index (χ0v) is 11.4. The summed E-state index contributed by atoms with van der Waals surface area (Å²) < 4.78 is 12.2. The van der Waals surface area contributed by atoms with Crippen molar-refractivity contribution < 1.29 is 9.47 Å². The molecule has 1 aromatic rings. The second kappa shape index (κ2) is 9.99. The average Bonchev–Trinajstić information content (AvgIpc) is 2.84. The van der Waals surface area contributed by atoms with Crippen LogP contribution in [0.25, 0.3) is 0 Å². The van der Waals surface area contributed by atoms with Crippen LogP contribution in [0.3, 0.4) is 0 Å². The van der Waals surface area contributed by atoms with E-state index in [0.29, 0.717) is 13.2 Å². The van der Waals surface area contributed by atoms with E-state index in [-0.39, 0.29) is 0 Å². The summed E-state index contributed by atoms with van der Waals surface area (Å²) in [7, 11) is 1.68. The number of unbranched alkanes of at least 4 members (excludes halogenated alkanes) is 1. The van der Waals surface area contributed by atoms with Gasteiger partial charge in [-0.2, -0.15) is 5.10 Å². The van der Waals surface area contributed by atoms with Crippen molar-refractivity contribution in [2.45, 2.75) is 32.9 Å². The molecule has 0 amide bonds. The first-order valence-corrected chi connectivity index (χ1v) is 6.52. The summed E-state index contributed by atoms with van der Waals surface area (Å²) in [4.78, 5) is 4.21. The highest BCUT2D eigenvalue weighted by atomic mass is 16.5. The molecule has 0 aliphatic heterocycles. The minimum atomic E-state index is 0.672. The number of nitrogens with one attached hydrogen (secondary N) is 1. The molecule has 1 rings (SSSR count). The molecular formula is C12H24N4O2. The SMILES string of the molecule is CCn1ncnc1CNCCCCOCCOC. The first kappa shape index (κ1) is 15.1. The van der Waals surface area contributed by atoms with Crippen LogP contribution in [-0.4, -0.2) is 48.2 Å². The van der Waals surface area contributed by atoms with Crippen LogP contribution in [0, 0.1) is 0 Å². The molecule has 0 bridgehead atoms. The smallest absolute Gasteiger partial charge is 0.140 e. The van der Waals surface area contributed by atoms with E-state index in [2.05, 4.69) is 22.3 Å². The van der Waals surface area contributed by atoms with Crippen molar-refractivity contribution in [3.8, 4) is 0 Å². The molecule has 6 nitrogen and oxygen atoms in total. The Balaban J connectivity index is 1.92. The van der Waals surface area contributed by atoms with Crippen molar-refractivity contribution in [1.29, 1.82) is 0 Å². The van der Waals surface area contributed by atoms with Gasteiger partial charge >= 0.3 is 0 Å².